The summed E-state index contributed by atoms with van der Waals surface area (Å²) in [5, 5.41) is 5.35. The Morgan fingerprint density at radius 1 is 0.641 bits per heavy atom. The third kappa shape index (κ3) is 9.34. The van der Waals surface area contributed by atoms with Crippen molar-refractivity contribution in [1.29, 1.82) is 0 Å². The summed E-state index contributed by atoms with van der Waals surface area (Å²) in [7, 11) is -1.88. The lowest BCUT2D eigenvalue weighted by Gasteiger charge is -2.34. The molecule has 2 aromatic rings. The summed E-state index contributed by atoms with van der Waals surface area (Å²) < 4.78 is 0. The van der Waals surface area contributed by atoms with E-state index in [0.717, 1.165) is 18.3 Å². The average Bonchev–Trinajstić information content (AvgIpc) is 2.94. The van der Waals surface area contributed by atoms with Crippen LogP contribution in [-0.2, 0) is 0 Å². The average molecular weight is 547 g/mol. The number of anilines is 1. The highest BCUT2D eigenvalue weighted by Crippen LogP contribution is 2.27. The van der Waals surface area contributed by atoms with E-state index >= 15 is 0 Å². The van der Waals surface area contributed by atoms with Gasteiger partial charge in [-0.15, -0.1) is 0 Å². The van der Waals surface area contributed by atoms with Crippen molar-refractivity contribution in [3.05, 3.63) is 47.0 Å². The largest absolute Gasteiger partial charge is 0.372 e. The molecule has 0 aromatic heterocycles. The molecule has 39 heavy (non-hydrogen) atoms. The second-order valence-corrected chi connectivity index (χ2v) is 16.5. The van der Waals surface area contributed by atoms with Crippen LogP contribution in [0.25, 0.3) is 6.58 Å². The molecular formula is C36H58N2Si. The monoisotopic (exact) mass is 546 g/mol. The first kappa shape index (κ1) is 31.7. The molecule has 0 saturated carbocycles. The molecule has 3 heteroatoms. The zero-order valence-electron chi connectivity index (χ0n) is 26.0. The molecule has 216 valence electrons. The van der Waals surface area contributed by atoms with Crippen molar-refractivity contribution in [1.82, 2.24) is 0 Å². The highest BCUT2D eigenvalue weighted by atomic mass is 28.3. The number of fused-ring (bicyclic) bond motifs is 2. The lowest BCUT2D eigenvalue weighted by atomic mass is 10.0. The molecule has 0 aliphatic carbocycles. The molecule has 1 aliphatic heterocycles. The molecule has 2 aromatic carbocycles. The van der Waals surface area contributed by atoms with Crippen LogP contribution in [0.1, 0.15) is 124 Å². The van der Waals surface area contributed by atoms with Gasteiger partial charge in [0.05, 0.1) is 11.0 Å². The Balaban J connectivity index is 1.44. The number of hydrogen-bond acceptors (Lipinski definition) is 2. The second-order valence-electron chi connectivity index (χ2n) is 12.2. The summed E-state index contributed by atoms with van der Waals surface area (Å²) >= 11 is 0. The van der Waals surface area contributed by atoms with E-state index in [9.17, 15) is 0 Å². The van der Waals surface area contributed by atoms with Crippen molar-refractivity contribution in [2.75, 3.05) is 18.0 Å². The maximum absolute atomic E-state index is 5.11. The normalized spacial score (nSPS) is 16.0. The molecule has 0 amide bonds. The molecule has 0 saturated heterocycles. The topological polar surface area (TPSA) is 15.6 Å². The van der Waals surface area contributed by atoms with Gasteiger partial charge >= 0.3 is 0 Å². The fraction of sp³-hybridized carbons (Fsp3) is 0.639. The van der Waals surface area contributed by atoms with Crippen LogP contribution in [-0.4, -0.2) is 21.2 Å². The van der Waals surface area contributed by atoms with Gasteiger partial charge in [-0.1, -0.05) is 135 Å². The molecule has 0 radical (unpaired) electrons. The van der Waals surface area contributed by atoms with E-state index < -0.39 is 8.07 Å². The van der Waals surface area contributed by atoms with Gasteiger partial charge in [0.15, 0.2) is 0 Å². The maximum atomic E-state index is 5.11. The first-order chi connectivity index (χ1) is 19.0. The third-order valence-corrected chi connectivity index (χ3v) is 13.7. The smallest absolute Gasteiger partial charge is 0.120 e. The summed E-state index contributed by atoms with van der Waals surface area (Å²) in [6, 6.07) is 15.0. The Labute approximate surface area is 242 Å². The Hall–Kier alpha value is -1.87. The highest BCUT2D eigenvalue weighted by Gasteiger charge is 2.37. The van der Waals surface area contributed by atoms with Crippen LogP contribution < -0.4 is 25.8 Å². The van der Waals surface area contributed by atoms with Gasteiger partial charge in [0.25, 0.3) is 0 Å². The van der Waals surface area contributed by atoms with Crippen LogP contribution in [0.2, 0.25) is 12.6 Å². The number of hydrogen-bond donors (Lipinski definition) is 0. The molecule has 1 heterocycles. The molecule has 3 rings (SSSR count). The van der Waals surface area contributed by atoms with Crippen LogP contribution in [0.15, 0.2) is 41.4 Å². The molecule has 1 atom stereocenters. The lowest BCUT2D eigenvalue weighted by molar-refractivity contribution is 0.531. The van der Waals surface area contributed by atoms with Crippen molar-refractivity contribution in [2.45, 2.75) is 136 Å². The van der Waals surface area contributed by atoms with Gasteiger partial charge in [0.2, 0.25) is 0 Å². The van der Waals surface area contributed by atoms with Crippen molar-refractivity contribution in [3.8, 4) is 0 Å². The number of rotatable bonds is 20. The standard InChI is InChI=1S/C36H58N2Si/c1-6-9-10-11-12-13-14-15-16-17-18-19-20-21-22-23-28-39(5)35-29-31(4)24-26-33(35)37-34-27-25-32(30-36(34)39)38(7-2)8-3/h24-27,29-30H,4,6-23,28H2,1-3,5H3. The third-order valence-electron chi connectivity index (χ3n) is 9.13. The number of unbranched alkanes of at least 4 members (excludes halogenated alkanes) is 15. The van der Waals surface area contributed by atoms with E-state index in [-0.39, 0.29) is 0 Å². The predicted octanol–water partition coefficient (Wildman–Crippen LogP) is 8.66. The van der Waals surface area contributed by atoms with Gasteiger partial charge in [-0.25, -0.2) is 4.99 Å². The lowest BCUT2D eigenvalue weighted by Crippen LogP contribution is -2.63. The van der Waals surface area contributed by atoms with Gasteiger partial charge in [-0.2, -0.15) is 0 Å². The van der Waals surface area contributed by atoms with Crippen molar-refractivity contribution in [3.63, 3.8) is 0 Å². The molecule has 0 fully saturated rings. The number of nitrogens with zero attached hydrogens (tertiary/aromatic N) is 2. The van der Waals surface area contributed by atoms with E-state index in [1.54, 1.807) is 0 Å². The summed E-state index contributed by atoms with van der Waals surface area (Å²) in [4.78, 5) is 7.58. The van der Waals surface area contributed by atoms with Crippen molar-refractivity contribution in [2.24, 2.45) is 4.99 Å². The Morgan fingerprint density at radius 3 is 1.72 bits per heavy atom. The minimum atomic E-state index is -1.88. The summed E-state index contributed by atoms with van der Waals surface area (Å²) in [6.45, 7) is 15.8. The quantitative estimate of drug-likeness (QED) is 0.120. The van der Waals surface area contributed by atoms with Gasteiger partial charge in [0.1, 0.15) is 8.07 Å². The first-order valence-corrected chi connectivity index (χ1v) is 19.3. The highest BCUT2D eigenvalue weighted by molar-refractivity contribution is 7.02. The molecule has 0 bridgehead atoms. The molecule has 2 nitrogen and oxygen atoms in total. The van der Waals surface area contributed by atoms with Gasteiger partial charge in [-0.3, -0.25) is 0 Å². The first-order valence-electron chi connectivity index (χ1n) is 16.6. The molecule has 0 spiro atoms. The van der Waals surface area contributed by atoms with E-state index in [1.807, 2.05) is 0 Å². The minimum Gasteiger partial charge on any atom is -0.372 e. The van der Waals surface area contributed by atoms with E-state index in [4.69, 9.17) is 4.99 Å². The van der Waals surface area contributed by atoms with E-state index in [2.05, 4.69) is 75.2 Å². The van der Waals surface area contributed by atoms with Crippen molar-refractivity contribution >= 4 is 36.4 Å². The maximum Gasteiger partial charge on any atom is 0.120 e. The van der Waals surface area contributed by atoms with E-state index in [0.29, 0.717) is 0 Å². The van der Waals surface area contributed by atoms with Crippen LogP contribution in [0.4, 0.5) is 11.4 Å². The van der Waals surface area contributed by atoms with Gasteiger partial charge in [-0.05, 0) is 59.7 Å². The Bertz CT molecular complexity index is 1090. The predicted molar refractivity (Wildman–Crippen MR) is 178 cm³/mol. The van der Waals surface area contributed by atoms with Crippen LogP contribution in [0.5, 0.6) is 0 Å². The second kappa shape index (κ2) is 17.1. The fourth-order valence-corrected chi connectivity index (χ4v) is 10.7. The Morgan fingerprint density at radius 2 is 1.18 bits per heavy atom. The van der Waals surface area contributed by atoms with Crippen LogP contribution >= 0.6 is 0 Å². The summed E-state index contributed by atoms with van der Waals surface area (Å²) in [5.41, 5.74) is 2.56. The summed E-state index contributed by atoms with van der Waals surface area (Å²) in [5.74, 6) is 0. The Kier molecular flexibility index (Phi) is 13.8. The van der Waals surface area contributed by atoms with Crippen LogP contribution in [0.3, 0.4) is 0 Å². The van der Waals surface area contributed by atoms with Crippen molar-refractivity contribution < 1.29 is 0 Å². The minimum absolute atomic E-state index is 1.05. The SMILES string of the molecule is C=c1ccc2c(c1)[Si](C)(CCCCCCCCCCCCCCCCCC)c1cc(N(CC)CC)ccc1N=2. The number of benzene rings is 2. The molecule has 0 N–H and O–H groups in total. The van der Waals surface area contributed by atoms with Gasteiger partial charge in [0, 0.05) is 18.8 Å². The van der Waals surface area contributed by atoms with Crippen LogP contribution in [0, 0.1) is 0 Å². The molecular weight excluding hydrogens is 488 g/mol. The van der Waals surface area contributed by atoms with Gasteiger partial charge < -0.3 is 4.90 Å². The van der Waals surface area contributed by atoms with E-state index in [1.165, 1.54) is 136 Å². The zero-order valence-corrected chi connectivity index (χ0v) is 27.0. The fourth-order valence-electron chi connectivity index (χ4n) is 6.54. The molecule has 1 aliphatic rings. The zero-order chi connectivity index (χ0) is 27.9. The molecule has 1 unspecified atom stereocenters. The summed E-state index contributed by atoms with van der Waals surface area (Å²) in [6.07, 6.45) is 22.8.